The van der Waals surface area contributed by atoms with Crippen LogP contribution >= 0.6 is 0 Å². The van der Waals surface area contributed by atoms with E-state index >= 15 is 4.39 Å². The molecule has 8 bridgehead atoms. The number of hydrogen-bond donors (Lipinski definition) is 0. The number of carbonyl (C=O) groups excluding carboxylic acids is 2. The van der Waals surface area contributed by atoms with E-state index in [1.165, 1.54) is 24.3 Å². The molecule has 312 valence electrons. The molecule has 4 unspecified atom stereocenters. The summed E-state index contributed by atoms with van der Waals surface area (Å²) in [5, 5.41) is 0. The van der Waals surface area contributed by atoms with Gasteiger partial charge in [-0.2, -0.15) is 0 Å². The number of ketones is 2. The minimum Gasteiger partial charge on any atom is -0.493 e. The summed E-state index contributed by atoms with van der Waals surface area (Å²) in [6.07, 6.45) is 13.6. The highest BCUT2D eigenvalue weighted by Crippen LogP contribution is 2.64. The first kappa shape index (κ1) is 40.8. The molecule has 0 N–H and O–H groups in total. The summed E-state index contributed by atoms with van der Waals surface area (Å²) in [6.45, 7) is 0.725. The molecule has 0 aliphatic heterocycles. The van der Waals surface area contributed by atoms with Crippen LogP contribution in [0.25, 0.3) is 0 Å². The van der Waals surface area contributed by atoms with Gasteiger partial charge in [-0.3, -0.25) is 9.59 Å². The molecule has 4 atom stereocenters. The zero-order valence-corrected chi connectivity index (χ0v) is 34.2. The monoisotopic (exact) mass is 836 g/mol. The molecule has 57 heavy (non-hydrogen) atoms. The van der Waals surface area contributed by atoms with E-state index in [0.717, 1.165) is 75.5 Å². The minimum atomic E-state index is -3.54. The van der Waals surface area contributed by atoms with E-state index in [4.69, 9.17) is 9.47 Å². The van der Waals surface area contributed by atoms with Crippen LogP contribution in [0.15, 0.2) is 30.3 Å². The van der Waals surface area contributed by atoms with Gasteiger partial charge < -0.3 is 9.47 Å². The molecule has 0 saturated heterocycles. The maximum atomic E-state index is 15.2. The highest BCUT2D eigenvalue weighted by molar-refractivity contribution is 7.91. The maximum absolute atomic E-state index is 15.2. The Bertz CT molecular complexity index is 2160. The molecule has 11 rings (SSSR count). The first-order valence-electron chi connectivity index (χ1n) is 20.3. The van der Waals surface area contributed by atoms with E-state index < -0.39 is 65.7 Å². The zero-order chi connectivity index (χ0) is 40.8. The lowest BCUT2D eigenvalue weighted by Gasteiger charge is -2.58. The number of halogens is 4. The topological polar surface area (TPSA) is 121 Å². The van der Waals surface area contributed by atoms with Gasteiger partial charge >= 0.3 is 0 Å². The molecule has 9 saturated carbocycles. The summed E-state index contributed by atoms with van der Waals surface area (Å²) in [7, 11) is -7.06. The summed E-state index contributed by atoms with van der Waals surface area (Å²) in [5.41, 5.74) is -2.17. The molecule has 14 heteroatoms. The normalized spacial score (nSPS) is 34.8. The van der Waals surface area contributed by atoms with Crippen molar-refractivity contribution in [2.45, 2.75) is 107 Å². The summed E-state index contributed by atoms with van der Waals surface area (Å²) < 4.78 is 117. The number of Topliss-reactive ketones (excluding diaryl/α,β-unsaturated/α-hetero) is 2. The molecule has 0 radical (unpaired) electrons. The van der Waals surface area contributed by atoms with Gasteiger partial charge in [-0.05, 0) is 143 Å². The fraction of sp³-hybridized carbons (Fsp3) is 0.674. The molecule has 9 aliphatic carbocycles. The molecule has 0 spiro atoms. The van der Waals surface area contributed by atoms with Crippen LogP contribution in [0.2, 0.25) is 0 Å². The van der Waals surface area contributed by atoms with Gasteiger partial charge in [0.2, 0.25) is 0 Å². The van der Waals surface area contributed by atoms with Gasteiger partial charge in [-0.1, -0.05) is 0 Å². The number of carbonyl (C=O) groups is 2. The van der Waals surface area contributed by atoms with E-state index in [9.17, 15) is 39.6 Å². The van der Waals surface area contributed by atoms with Crippen molar-refractivity contribution in [3.05, 3.63) is 58.7 Å². The number of alkyl halides is 2. The Labute approximate surface area is 332 Å². The lowest BCUT2D eigenvalue weighted by atomic mass is 9.49. The van der Waals surface area contributed by atoms with Crippen molar-refractivity contribution in [2.75, 3.05) is 37.2 Å². The highest BCUT2D eigenvalue weighted by Gasteiger charge is 2.60. The van der Waals surface area contributed by atoms with E-state index in [-0.39, 0.29) is 33.6 Å². The molecule has 0 amide bonds. The van der Waals surface area contributed by atoms with Gasteiger partial charge in [0.1, 0.15) is 46.0 Å². The van der Waals surface area contributed by atoms with Crippen LogP contribution in [-0.4, -0.2) is 77.0 Å². The van der Waals surface area contributed by atoms with Crippen LogP contribution < -0.4 is 9.47 Å². The predicted octanol–water partition coefficient (Wildman–Crippen LogP) is 8.36. The van der Waals surface area contributed by atoms with Crippen molar-refractivity contribution < 1.29 is 53.5 Å². The Morgan fingerprint density at radius 2 is 1.11 bits per heavy atom. The first-order chi connectivity index (χ1) is 26.6. The second-order valence-electron chi connectivity index (χ2n) is 19.6. The number of sulfone groups is 2. The second-order valence-corrected chi connectivity index (χ2v) is 23.9. The zero-order valence-electron chi connectivity index (χ0n) is 32.6. The van der Waals surface area contributed by atoms with Crippen LogP contribution in [0, 0.1) is 46.1 Å². The Kier molecular flexibility index (Phi) is 10.2. The van der Waals surface area contributed by atoms with Gasteiger partial charge in [0, 0.05) is 35.5 Å². The van der Waals surface area contributed by atoms with Crippen LogP contribution in [0.3, 0.4) is 0 Å². The summed E-state index contributed by atoms with van der Waals surface area (Å²) in [4.78, 5) is 24.2. The highest BCUT2D eigenvalue weighted by atomic mass is 32.2. The van der Waals surface area contributed by atoms with E-state index in [0.29, 0.717) is 81.2 Å². The number of hydrogen-bond acceptors (Lipinski definition) is 8. The van der Waals surface area contributed by atoms with Gasteiger partial charge in [-0.25, -0.2) is 34.4 Å². The van der Waals surface area contributed by atoms with Crippen molar-refractivity contribution in [1.82, 2.24) is 0 Å². The Morgan fingerprint density at radius 3 is 1.54 bits per heavy atom. The van der Waals surface area contributed by atoms with E-state index in [2.05, 4.69) is 0 Å². The second kappa shape index (κ2) is 14.3. The SMILES string of the molecule is CS(=O)(=O)CC(=O)c1cc(C2CC2)c(OCC23CC4CC(CC(F)(C4)C2)C3)cc1F.CS(=O)(=O)CC(=O)c1ccc(OCC23CC4CC(CC(F)(C4)C2)C3)cc1F. The molecule has 9 fully saturated rings. The van der Waals surface area contributed by atoms with Gasteiger partial charge in [0.15, 0.2) is 31.2 Å². The first-order valence-corrected chi connectivity index (χ1v) is 24.4. The van der Waals surface area contributed by atoms with Crippen molar-refractivity contribution in [1.29, 1.82) is 0 Å². The smallest absolute Gasteiger partial charge is 0.180 e. The van der Waals surface area contributed by atoms with Crippen LogP contribution in [-0.2, 0) is 19.7 Å². The molecule has 2 aromatic rings. The van der Waals surface area contributed by atoms with Crippen molar-refractivity contribution in [2.24, 2.45) is 34.5 Å². The lowest BCUT2D eigenvalue weighted by molar-refractivity contribution is -0.136. The Hall–Kier alpha value is -3.00. The van der Waals surface area contributed by atoms with E-state index in [1.807, 2.05) is 0 Å². The summed E-state index contributed by atoms with van der Waals surface area (Å²) >= 11 is 0. The summed E-state index contributed by atoms with van der Waals surface area (Å²) in [5.74, 6) is -1.88. The lowest BCUT2D eigenvalue weighted by Crippen LogP contribution is -2.55. The molecule has 8 nitrogen and oxygen atoms in total. The molecular weight excluding hydrogens is 785 g/mol. The van der Waals surface area contributed by atoms with Crippen LogP contribution in [0.4, 0.5) is 17.6 Å². The fourth-order valence-corrected chi connectivity index (χ4v) is 13.8. The van der Waals surface area contributed by atoms with Crippen LogP contribution in [0.1, 0.15) is 122 Å². The molecular formula is C43H52F4O8S2. The number of ether oxygens (including phenoxy) is 2. The Balaban J connectivity index is 0.000000161. The van der Waals surface area contributed by atoms with Crippen LogP contribution in [0.5, 0.6) is 11.5 Å². The molecule has 9 aliphatic rings. The van der Waals surface area contributed by atoms with Gasteiger partial charge in [0.25, 0.3) is 0 Å². The minimum absolute atomic E-state index is 0.180. The number of rotatable bonds is 13. The standard InChI is InChI=1S/C23H28F2O4S.C20H24F2O4S/c1-30(27,28)11-20(26)18-5-17(16-2-3-16)21(6-19(18)24)29-13-22-7-14-4-15(8-22)10-23(25,9-14)12-22;1-27(24,25)10-18(23)16-3-2-15(5-17(16)21)26-12-19-6-13-4-14(7-19)9-20(22,8-13)11-19/h5-6,14-16H,2-4,7-13H2,1H3;2-3,5,13-14H,4,6-12H2,1H3. The molecule has 0 aromatic heterocycles. The fourth-order valence-electron chi connectivity index (χ4n) is 12.5. The molecule has 2 aromatic carbocycles. The largest absolute Gasteiger partial charge is 0.493 e. The van der Waals surface area contributed by atoms with Crippen molar-refractivity contribution >= 4 is 31.2 Å². The van der Waals surface area contributed by atoms with Gasteiger partial charge in [-0.15, -0.1) is 0 Å². The predicted molar refractivity (Wildman–Crippen MR) is 206 cm³/mol. The average molecular weight is 837 g/mol. The average Bonchev–Trinajstić information content (AvgIpc) is 3.89. The summed E-state index contributed by atoms with van der Waals surface area (Å²) in [6, 6.07) is 6.56. The Morgan fingerprint density at radius 1 is 0.649 bits per heavy atom. The third-order valence-electron chi connectivity index (χ3n) is 13.7. The number of benzene rings is 2. The van der Waals surface area contributed by atoms with E-state index in [1.54, 1.807) is 0 Å². The third kappa shape index (κ3) is 9.11. The maximum Gasteiger partial charge on any atom is 0.180 e. The molecule has 0 heterocycles. The quantitative estimate of drug-likeness (QED) is 0.146. The van der Waals surface area contributed by atoms with Crippen molar-refractivity contribution in [3.63, 3.8) is 0 Å². The van der Waals surface area contributed by atoms with Gasteiger partial charge in [0.05, 0.1) is 24.3 Å². The van der Waals surface area contributed by atoms with Crippen molar-refractivity contribution in [3.8, 4) is 11.5 Å². The third-order valence-corrected chi connectivity index (χ3v) is 15.3.